The molecule has 4 nitrogen and oxygen atoms in total. The molecule has 0 aromatic carbocycles. The summed E-state index contributed by atoms with van der Waals surface area (Å²) < 4.78 is 4.40. The van der Waals surface area contributed by atoms with Crippen molar-refractivity contribution < 1.29 is 14.3 Å². The molecule has 1 aliphatic rings. The summed E-state index contributed by atoms with van der Waals surface area (Å²) in [7, 11) is 1.23. The number of ether oxygens (including phenoxy) is 1. The van der Waals surface area contributed by atoms with Gasteiger partial charge in [-0.25, -0.2) is 4.79 Å². The molecule has 0 saturated carbocycles. The zero-order chi connectivity index (χ0) is 10.6. The van der Waals surface area contributed by atoms with Gasteiger partial charge in [0, 0.05) is 24.1 Å². The van der Waals surface area contributed by atoms with E-state index in [1.54, 1.807) is 4.90 Å². The lowest BCUT2D eigenvalue weighted by Crippen LogP contribution is -2.45. The topological polar surface area (TPSA) is 46.6 Å². The van der Waals surface area contributed by atoms with E-state index < -0.39 is 11.9 Å². The minimum atomic E-state index is -0.758. The van der Waals surface area contributed by atoms with Crippen LogP contribution < -0.4 is 0 Å². The molecule has 1 aliphatic heterocycles. The fraction of sp³-hybridized carbons (Fsp3) is 0.778. The van der Waals surface area contributed by atoms with E-state index in [-0.39, 0.29) is 0 Å². The number of nitrogens with zero attached hydrogens (tertiary/aromatic N) is 1. The van der Waals surface area contributed by atoms with Crippen molar-refractivity contribution in [3.05, 3.63) is 0 Å². The summed E-state index contributed by atoms with van der Waals surface area (Å²) in [6.45, 7) is 3.40. The van der Waals surface area contributed by atoms with Gasteiger partial charge in [-0.05, 0) is 6.42 Å². The fourth-order valence-corrected chi connectivity index (χ4v) is 2.55. The van der Waals surface area contributed by atoms with Gasteiger partial charge in [-0.3, -0.25) is 4.79 Å². The Labute approximate surface area is 88.0 Å². The molecule has 0 aliphatic carbocycles. The third kappa shape index (κ3) is 2.64. The van der Waals surface area contributed by atoms with E-state index in [4.69, 9.17) is 0 Å². The molecule has 0 aromatic heterocycles. The molecule has 0 radical (unpaired) electrons. The standard InChI is InChI=1S/C9H15NO3S/c1-3-7-6-10(4-5-14-7)8(11)9(12)13-2/h7H,3-6H2,1-2H3. The van der Waals surface area contributed by atoms with Gasteiger partial charge in [0.25, 0.3) is 0 Å². The molecular formula is C9H15NO3S. The molecule has 80 valence electrons. The van der Waals surface area contributed by atoms with Crippen molar-refractivity contribution in [3.63, 3.8) is 0 Å². The fourth-order valence-electron chi connectivity index (χ4n) is 1.37. The number of carbonyl (C=O) groups is 2. The number of hydrogen-bond donors (Lipinski definition) is 0. The summed E-state index contributed by atoms with van der Waals surface area (Å²) in [5.74, 6) is -0.362. The maximum absolute atomic E-state index is 11.4. The van der Waals surface area contributed by atoms with Gasteiger partial charge in [-0.1, -0.05) is 6.92 Å². The van der Waals surface area contributed by atoms with Crippen molar-refractivity contribution in [1.29, 1.82) is 0 Å². The third-order valence-electron chi connectivity index (χ3n) is 2.24. The zero-order valence-electron chi connectivity index (χ0n) is 8.49. The molecular weight excluding hydrogens is 202 g/mol. The van der Waals surface area contributed by atoms with Crippen LogP contribution in [0.4, 0.5) is 0 Å². The Bertz CT molecular complexity index is 232. The Kier molecular flexibility index (Phi) is 4.25. The predicted octanol–water partition coefficient (Wildman–Crippen LogP) is 0.513. The van der Waals surface area contributed by atoms with Crippen LogP contribution in [0.1, 0.15) is 13.3 Å². The van der Waals surface area contributed by atoms with Crippen molar-refractivity contribution in [1.82, 2.24) is 4.90 Å². The maximum atomic E-state index is 11.4. The van der Waals surface area contributed by atoms with Crippen molar-refractivity contribution in [3.8, 4) is 0 Å². The quantitative estimate of drug-likeness (QED) is 0.474. The van der Waals surface area contributed by atoms with Crippen LogP contribution in [0.25, 0.3) is 0 Å². The Hall–Kier alpha value is -0.710. The van der Waals surface area contributed by atoms with Crippen LogP contribution in [-0.2, 0) is 14.3 Å². The van der Waals surface area contributed by atoms with Crippen LogP contribution in [0, 0.1) is 0 Å². The first kappa shape index (κ1) is 11.4. The number of hydrogen-bond acceptors (Lipinski definition) is 4. The summed E-state index contributed by atoms with van der Waals surface area (Å²) >= 11 is 1.86. The minimum Gasteiger partial charge on any atom is -0.462 e. The molecule has 1 amide bonds. The summed E-state index contributed by atoms with van der Waals surface area (Å²) in [5, 5.41) is 0.456. The predicted molar refractivity (Wildman–Crippen MR) is 55.1 cm³/mol. The van der Waals surface area contributed by atoms with Crippen LogP contribution in [0.3, 0.4) is 0 Å². The van der Waals surface area contributed by atoms with E-state index in [1.807, 2.05) is 11.8 Å². The average molecular weight is 217 g/mol. The van der Waals surface area contributed by atoms with E-state index in [0.29, 0.717) is 18.3 Å². The molecule has 5 heteroatoms. The molecule has 1 rings (SSSR count). The molecule has 1 atom stereocenters. The second kappa shape index (κ2) is 5.24. The van der Waals surface area contributed by atoms with Gasteiger partial charge in [0.1, 0.15) is 0 Å². The Morgan fingerprint density at radius 1 is 1.57 bits per heavy atom. The third-order valence-corrected chi connectivity index (χ3v) is 3.61. The lowest BCUT2D eigenvalue weighted by atomic mass is 10.3. The zero-order valence-corrected chi connectivity index (χ0v) is 9.30. The van der Waals surface area contributed by atoms with Gasteiger partial charge in [-0.15, -0.1) is 0 Å². The molecule has 1 fully saturated rings. The molecule has 0 aromatic rings. The van der Waals surface area contributed by atoms with E-state index in [2.05, 4.69) is 11.7 Å². The summed E-state index contributed by atoms with van der Waals surface area (Å²) in [6, 6.07) is 0. The molecule has 0 spiro atoms. The molecule has 0 N–H and O–H groups in total. The average Bonchev–Trinajstić information content (AvgIpc) is 2.27. The van der Waals surface area contributed by atoms with E-state index in [0.717, 1.165) is 12.2 Å². The minimum absolute atomic E-state index is 0.456. The Balaban J connectivity index is 2.51. The summed E-state index contributed by atoms with van der Waals surface area (Å²) in [6.07, 6.45) is 1.02. The van der Waals surface area contributed by atoms with E-state index in [9.17, 15) is 9.59 Å². The highest BCUT2D eigenvalue weighted by Crippen LogP contribution is 2.21. The van der Waals surface area contributed by atoms with Crippen molar-refractivity contribution >= 4 is 23.6 Å². The number of esters is 1. The first-order valence-corrected chi connectivity index (χ1v) is 5.72. The molecule has 14 heavy (non-hydrogen) atoms. The summed E-state index contributed by atoms with van der Waals surface area (Å²) in [4.78, 5) is 24.0. The Morgan fingerprint density at radius 2 is 2.29 bits per heavy atom. The first-order valence-electron chi connectivity index (χ1n) is 4.67. The van der Waals surface area contributed by atoms with Gasteiger partial charge < -0.3 is 9.64 Å². The highest BCUT2D eigenvalue weighted by atomic mass is 32.2. The first-order chi connectivity index (χ1) is 6.69. The number of methoxy groups -OCH3 is 1. The second-order valence-electron chi connectivity index (χ2n) is 3.14. The molecule has 1 heterocycles. The van der Waals surface area contributed by atoms with Gasteiger partial charge in [-0.2, -0.15) is 11.8 Å². The summed E-state index contributed by atoms with van der Waals surface area (Å²) in [5.41, 5.74) is 0. The van der Waals surface area contributed by atoms with Gasteiger partial charge in [0.2, 0.25) is 0 Å². The number of rotatable bonds is 1. The Morgan fingerprint density at radius 3 is 2.86 bits per heavy atom. The van der Waals surface area contributed by atoms with E-state index >= 15 is 0 Å². The molecule has 1 saturated heterocycles. The van der Waals surface area contributed by atoms with Gasteiger partial charge in [0.05, 0.1) is 7.11 Å². The lowest BCUT2D eigenvalue weighted by molar-refractivity contribution is -0.158. The smallest absolute Gasteiger partial charge is 0.396 e. The van der Waals surface area contributed by atoms with Crippen molar-refractivity contribution in [2.45, 2.75) is 18.6 Å². The molecule has 1 unspecified atom stereocenters. The van der Waals surface area contributed by atoms with Crippen LogP contribution in [0.2, 0.25) is 0 Å². The van der Waals surface area contributed by atoms with Gasteiger partial charge in [0.15, 0.2) is 0 Å². The van der Waals surface area contributed by atoms with E-state index in [1.165, 1.54) is 7.11 Å². The number of thioether (sulfide) groups is 1. The molecule has 0 bridgehead atoms. The highest BCUT2D eigenvalue weighted by molar-refractivity contribution is 8.00. The van der Waals surface area contributed by atoms with Crippen LogP contribution in [0.15, 0.2) is 0 Å². The lowest BCUT2D eigenvalue weighted by Gasteiger charge is -2.30. The van der Waals surface area contributed by atoms with Gasteiger partial charge >= 0.3 is 11.9 Å². The monoisotopic (exact) mass is 217 g/mol. The number of amides is 1. The largest absolute Gasteiger partial charge is 0.462 e. The van der Waals surface area contributed by atoms with Crippen molar-refractivity contribution in [2.75, 3.05) is 26.0 Å². The van der Waals surface area contributed by atoms with Crippen LogP contribution in [0.5, 0.6) is 0 Å². The SMILES string of the molecule is CCC1CN(C(=O)C(=O)OC)CCS1. The second-order valence-corrected chi connectivity index (χ2v) is 4.55. The number of carbonyl (C=O) groups excluding carboxylic acids is 2. The van der Waals surface area contributed by atoms with Crippen LogP contribution >= 0.6 is 11.8 Å². The van der Waals surface area contributed by atoms with Crippen molar-refractivity contribution in [2.24, 2.45) is 0 Å². The maximum Gasteiger partial charge on any atom is 0.396 e. The highest BCUT2D eigenvalue weighted by Gasteiger charge is 2.27. The van der Waals surface area contributed by atoms with Crippen LogP contribution in [-0.4, -0.2) is 48.0 Å². The normalized spacial score (nSPS) is 21.9.